The summed E-state index contributed by atoms with van der Waals surface area (Å²) in [5.41, 5.74) is 4.11. The van der Waals surface area contributed by atoms with Crippen LogP contribution in [0.3, 0.4) is 0 Å². The Morgan fingerprint density at radius 3 is 2.05 bits per heavy atom. The van der Waals surface area contributed by atoms with Crippen molar-refractivity contribution in [1.29, 1.82) is 0 Å². The molecule has 2 N–H and O–H groups in total. The minimum absolute atomic E-state index is 0.0131. The molecule has 6 aliphatic carbocycles. The number of aliphatic carboxylic acids is 2. The molecule has 0 radical (unpaired) electrons. The van der Waals surface area contributed by atoms with Gasteiger partial charge in [0.15, 0.2) is 0 Å². The van der Waals surface area contributed by atoms with Crippen LogP contribution in [0.4, 0.5) is 0 Å². The third-order valence-corrected chi connectivity index (χ3v) is 16.0. The first-order valence-electron chi connectivity index (χ1n) is 17.5. The highest BCUT2D eigenvalue weighted by atomic mass is 16.4. The summed E-state index contributed by atoms with van der Waals surface area (Å²) in [6.07, 6.45) is 13.5. The Morgan fingerprint density at radius 1 is 0.773 bits per heavy atom. The van der Waals surface area contributed by atoms with Crippen molar-refractivity contribution in [3.63, 3.8) is 0 Å². The van der Waals surface area contributed by atoms with E-state index in [0.717, 1.165) is 56.9 Å². The third-order valence-electron chi connectivity index (χ3n) is 16.0. The molecule has 4 nitrogen and oxygen atoms in total. The largest absolute Gasteiger partial charge is 0.481 e. The number of hydrogen-bond acceptors (Lipinski definition) is 2. The van der Waals surface area contributed by atoms with E-state index in [0.29, 0.717) is 23.7 Å². The van der Waals surface area contributed by atoms with Crippen molar-refractivity contribution < 1.29 is 19.8 Å². The second kappa shape index (κ2) is 9.35. The van der Waals surface area contributed by atoms with Gasteiger partial charge in [0.2, 0.25) is 0 Å². The molecule has 6 aliphatic rings. The quantitative estimate of drug-likeness (QED) is 0.331. The fourth-order valence-corrected chi connectivity index (χ4v) is 13.3. The maximum Gasteiger partial charge on any atom is 0.314 e. The van der Waals surface area contributed by atoms with Crippen LogP contribution in [0.25, 0.3) is 5.57 Å². The van der Waals surface area contributed by atoms with Gasteiger partial charge in [0, 0.05) is 0 Å². The zero-order chi connectivity index (χ0) is 31.7. The number of carboxylic acids is 2. The minimum atomic E-state index is -0.693. The Labute approximate surface area is 264 Å². The van der Waals surface area contributed by atoms with Crippen molar-refractivity contribution in [2.75, 3.05) is 0 Å². The lowest BCUT2D eigenvalue weighted by atomic mass is 9.32. The number of hydrogen-bond donors (Lipinski definition) is 2. The molecule has 238 valence electrons. The molecule has 0 aromatic heterocycles. The molecule has 0 saturated heterocycles. The first kappa shape index (κ1) is 30.3. The zero-order valence-electron chi connectivity index (χ0n) is 28.0. The van der Waals surface area contributed by atoms with E-state index in [4.69, 9.17) is 0 Å². The fourth-order valence-electron chi connectivity index (χ4n) is 13.3. The van der Waals surface area contributed by atoms with Gasteiger partial charge >= 0.3 is 11.9 Å². The molecule has 0 heterocycles. The summed E-state index contributed by atoms with van der Waals surface area (Å²) in [4.78, 5) is 24.9. The summed E-state index contributed by atoms with van der Waals surface area (Å²) in [6.45, 7) is 19.3. The van der Waals surface area contributed by atoms with Crippen molar-refractivity contribution >= 4 is 17.5 Å². The van der Waals surface area contributed by atoms with Gasteiger partial charge in [0.25, 0.3) is 0 Å². The molecule has 0 amide bonds. The lowest BCUT2D eigenvalue weighted by molar-refractivity contribution is -0.227. The summed E-state index contributed by atoms with van der Waals surface area (Å²) >= 11 is 0. The van der Waals surface area contributed by atoms with E-state index in [1.54, 1.807) is 0 Å². The molecular formula is C40H54O4. The second-order valence-corrected chi connectivity index (χ2v) is 17.7. The van der Waals surface area contributed by atoms with E-state index < -0.39 is 22.8 Å². The lowest BCUT2D eigenvalue weighted by Crippen LogP contribution is -2.65. The van der Waals surface area contributed by atoms with Gasteiger partial charge in [-0.3, -0.25) is 9.59 Å². The van der Waals surface area contributed by atoms with E-state index in [9.17, 15) is 19.8 Å². The normalized spacial score (nSPS) is 44.7. The Balaban J connectivity index is 1.22. The fraction of sp³-hybridized carbons (Fsp3) is 0.700. The number of benzene rings is 1. The van der Waals surface area contributed by atoms with Gasteiger partial charge in [0.1, 0.15) is 0 Å². The number of rotatable bonds is 5. The molecular weight excluding hydrogens is 544 g/mol. The lowest BCUT2D eigenvalue weighted by Gasteiger charge is -2.72. The molecule has 0 spiro atoms. The highest BCUT2D eigenvalue weighted by Crippen LogP contribution is 2.77. The Morgan fingerprint density at radius 2 is 1.45 bits per heavy atom. The maximum absolute atomic E-state index is 13.0. The number of carboxylic acid groups (broad SMARTS) is 2. The van der Waals surface area contributed by atoms with Crippen molar-refractivity contribution in [2.45, 2.75) is 118 Å². The third kappa shape index (κ3) is 3.63. The average Bonchev–Trinajstić information content (AvgIpc) is 3.67. The maximum atomic E-state index is 13.0. The summed E-state index contributed by atoms with van der Waals surface area (Å²) in [5, 5.41) is 20.5. The standard InChI is InChI=1S/C40H54O4/c1-24(2)27-14-19-40(34(43)44)21-20-37(6)29(32(27)40)12-13-31-36(5)17-15-28(35(3,4)30(36)16-18-38(31,37)7)25-8-10-26(11-9-25)39(22-23-39)33(41)42/h8-11,15,27,29-32H,1,12-14,16-23H2,2-7H3,(H,41,42)(H,43,44)/t27-,29+,30-,31+,32+,36-,37+,38+,40-/m0/s1. The molecule has 5 fully saturated rings. The van der Waals surface area contributed by atoms with Crippen LogP contribution in [0.15, 0.2) is 42.5 Å². The predicted octanol–water partition coefficient (Wildman–Crippen LogP) is 9.54. The summed E-state index contributed by atoms with van der Waals surface area (Å²) < 4.78 is 0. The van der Waals surface area contributed by atoms with E-state index in [1.807, 2.05) is 0 Å². The Bertz CT molecular complexity index is 1450. The molecule has 0 unspecified atom stereocenters. The molecule has 0 aliphatic heterocycles. The predicted molar refractivity (Wildman–Crippen MR) is 175 cm³/mol. The molecule has 0 bridgehead atoms. The topological polar surface area (TPSA) is 74.6 Å². The smallest absolute Gasteiger partial charge is 0.314 e. The van der Waals surface area contributed by atoms with Gasteiger partial charge < -0.3 is 10.2 Å². The Kier molecular flexibility index (Phi) is 6.44. The van der Waals surface area contributed by atoms with Crippen LogP contribution < -0.4 is 0 Å². The van der Waals surface area contributed by atoms with Crippen molar-refractivity contribution in [3.8, 4) is 0 Å². The van der Waals surface area contributed by atoms with Gasteiger partial charge in [-0.2, -0.15) is 0 Å². The number of fused-ring (bicyclic) bond motifs is 7. The van der Waals surface area contributed by atoms with Crippen LogP contribution in [0, 0.1) is 56.7 Å². The molecule has 4 heteroatoms. The van der Waals surface area contributed by atoms with Gasteiger partial charge in [-0.05, 0) is 146 Å². The summed E-state index contributed by atoms with van der Waals surface area (Å²) in [6, 6.07) is 8.51. The van der Waals surface area contributed by atoms with E-state index >= 15 is 0 Å². The highest BCUT2D eigenvalue weighted by molar-refractivity contribution is 5.85. The van der Waals surface area contributed by atoms with Gasteiger partial charge in [-0.15, -0.1) is 0 Å². The second-order valence-electron chi connectivity index (χ2n) is 17.7. The minimum Gasteiger partial charge on any atom is -0.481 e. The van der Waals surface area contributed by atoms with E-state index in [-0.39, 0.29) is 27.6 Å². The Hall–Kier alpha value is -2.36. The molecule has 5 saturated carbocycles. The van der Waals surface area contributed by atoms with E-state index in [2.05, 4.69) is 78.5 Å². The van der Waals surface area contributed by atoms with Crippen molar-refractivity contribution in [3.05, 3.63) is 53.6 Å². The molecule has 7 rings (SSSR count). The summed E-state index contributed by atoms with van der Waals surface area (Å²) in [7, 11) is 0. The van der Waals surface area contributed by atoms with Gasteiger partial charge in [0.05, 0.1) is 10.8 Å². The molecule has 9 atom stereocenters. The van der Waals surface area contributed by atoms with Crippen LogP contribution in [-0.2, 0) is 15.0 Å². The first-order valence-corrected chi connectivity index (χ1v) is 17.5. The molecule has 1 aromatic rings. The van der Waals surface area contributed by atoms with Gasteiger partial charge in [-0.1, -0.05) is 77.1 Å². The number of allylic oxidation sites excluding steroid dienone is 3. The first-order chi connectivity index (χ1) is 20.6. The van der Waals surface area contributed by atoms with Crippen LogP contribution in [0.1, 0.15) is 123 Å². The SMILES string of the molecule is C=C(C)[C@@H]1CC[C@]2(C(=O)O)CC[C@]3(C)[C@H](CC[C@@H]4[C@@]5(C)CC=C(c6ccc(C7(C(=O)O)CC7)cc6)C(C)(C)[C@@H]5CC[C@]43C)[C@@H]12. The average molecular weight is 599 g/mol. The van der Waals surface area contributed by atoms with Crippen LogP contribution >= 0.6 is 0 Å². The van der Waals surface area contributed by atoms with Crippen molar-refractivity contribution in [1.82, 2.24) is 0 Å². The summed E-state index contributed by atoms with van der Waals surface area (Å²) in [5.74, 6) is 0.929. The van der Waals surface area contributed by atoms with Crippen LogP contribution in [0.2, 0.25) is 0 Å². The number of carbonyl (C=O) groups is 2. The van der Waals surface area contributed by atoms with Crippen LogP contribution in [0.5, 0.6) is 0 Å². The van der Waals surface area contributed by atoms with E-state index in [1.165, 1.54) is 36.0 Å². The van der Waals surface area contributed by atoms with Gasteiger partial charge in [-0.25, -0.2) is 0 Å². The monoisotopic (exact) mass is 598 g/mol. The zero-order valence-corrected chi connectivity index (χ0v) is 28.0. The van der Waals surface area contributed by atoms with Crippen molar-refractivity contribution in [2.24, 2.45) is 56.7 Å². The van der Waals surface area contributed by atoms with Crippen LogP contribution in [-0.4, -0.2) is 22.2 Å². The molecule has 44 heavy (non-hydrogen) atoms. The highest BCUT2D eigenvalue weighted by Gasteiger charge is 2.71. The molecule has 1 aromatic carbocycles.